The largest absolute Gasteiger partial charge is 0.481 e. The van der Waals surface area contributed by atoms with Gasteiger partial charge in [0.05, 0.1) is 7.11 Å². The molecule has 0 aliphatic heterocycles. The smallest absolute Gasteiger partial charge is 0.322 e. The summed E-state index contributed by atoms with van der Waals surface area (Å²) in [6, 6.07) is 6.42. The van der Waals surface area contributed by atoms with Crippen molar-refractivity contribution in [1.82, 2.24) is 5.32 Å². The number of amides is 1. The molecule has 1 aromatic rings. The van der Waals surface area contributed by atoms with Crippen LogP contribution in [0, 0.1) is 0 Å². The Bertz CT molecular complexity index is 473. The zero-order chi connectivity index (χ0) is 15.8. The molecule has 21 heavy (non-hydrogen) atoms. The topological polar surface area (TPSA) is 90.6 Å². The second-order valence-electron chi connectivity index (χ2n) is 4.63. The Balaban J connectivity index is 2.58. The number of nitrogens with one attached hydrogen (secondary N) is 1. The van der Waals surface area contributed by atoms with Crippen LogP contribution in [0.25, 0.3) is 0 Å². The van der Waals surface area contributed by atoms with Crippen molar-refractivity contribution in [3.05, 3.63) is 29.8 Å². The first kappa shape index (κ1) is 17.0. The van der Waals surface area contributed by atoms with E-state index in [0.717, 1.165) is 5.56 Å². The highest BCUT2D eigenvalue weighted by molar-refractivity contribution is 5.80. The van der Waals surface area contributed by atoms with Crippen molar-refractivity contribution in [2.75, 3.05) is 13.7 Å². The number of ether oxygens (including phenoxy) is 2. The monoisotopic (exact) mass is 294 g/mol. The molecular weight excluding hydrogens is 272 g/mol. The zero-order valence-corrected chi connectivity index (χ0v) is 12.6. The van der Waals surface area contributed by atoms with Gasteiger partial charge in [-0.2, -0.15) is 0 Å². The molecule has 6 heteroatoms. The van der Waals surface area contributed by atoms with E-state index in [1.54, 1.807) is 19.1 Å². The minimum Gasteiger partial charge on any atom is -0.481 e. The minimum atomic E-state index is -0.684. The third-order valence-electron chi connectivity index (χ3n) is 2.92. The molecule has 1 amide bonds. The number of hydrogen-bond acceptors (Lipinski definition) is 5. The lowest BCUT2D eigenvalue weighted by molar-refractivity contribution is -0.142. The summed E-state index contributed by atoms with van der Waals surface area (Å²) >= 11 is 0. The summed E-state index contributed by atoms with van der Waals surface area (Å²) in [6.07, 6.45) is -0.174. The minimum absolute atomic E-state index is 0.158. The Morgan fingerprint density at radius 2 is 1.90 bits per heavy atom. The molecule has 2 atom stereocenters. The Labute approximate surface area is 124 Å². The fourth-order valence-corrected chi connectivity index (χ4v) is 1.77. The van der Waals surface area contributed by atoms with Crippen LogP contribution in [0.5, 0.6) is 5.75 Å². The van der Waals surface area contributed by atoms with E-state index in [-0.39, 0.29) is 5.91 Å². The summed E-state index contributed by atoms with van der Waals surface area (Å²) in [5.74, 6) is -0.0152. The first-order valence-corrected chi connectivity index (χ1v) is 6.84. The van der Waals surface area contributed by atoms with E-state index in [9.17, 15) is 9.59 Å². The van der Waals surface area contributed by atoms with Gasteiger partial charge in [-0.25, -0.2) is 0 Å². The van der Waals surface area contributed by atoms with Crippen LogP contribution in [0.1, 0.15) is 19.4 Å². The van der Waals surface area contributed by atoms with Crippen molar-refractivity contribution < 1.29 is 19.1 Å². The van der Waals surface area contributed by atoms with Gasteiger partial charge in [0.2, 0.25) is 0 Å². The van der Waals surface area contributed by atoms with Crippen molar-refractivity contribution in [3.8, 4) is 5.75 Å². The highest BCUT2D eigenvalue weighted by Gasteiger charge is 2.15. The molecule has 0 saturated heterocycles. The van der Waals surface area contributed by atoms with Crippen LogP contribution in [-0.4, -0.2) is 37.7 Å². The lowest BCUT2D eigenvalue weighted by Gasteiger charge is -2.14. The van der Waals surface area contributed by atoms with Crippen molar-refractivity contribution in [2.24, 2.45) is 5.73 Å². The number of nitrogens with two attached hydrogens (primary N) is 1. The molecule has 0 heterocycles. The van der Waals surface area contributed by atoms with E-state index in [2.05, 4.69) is 10.1 Å². The molecule has 3 N–H and O–H groups in total. The summed E-state index contributed by atoms with van der Waals surface area (Å²) in [4.78, 5) is 22.8. The average molecular weight is 294 g/mol. The first-order chi connectivity index (χ1) is 9.97. The lowest BCUT2D eigenvalue weighted by atomic mass is 10.1. The van der Waals surface area contributed by atoms with Crippen LogP contribution in [0.2, 0.25) is 0 Å². The fourth-order valence-electron chi connectivity index (χ4n) is 1.77. The Kier molecular flexibility index (Phi) is 6.68. The van der Waals surface area contributed by atoms with Crippen molar-refractivity contribution in [2.45, 2.75) is 32.4 Å². The molecule has 0 radical (unpaired) electrons. The number of esters is 1. The maximum absolute atomic E-state index is 11.6. The average Bonchev–Trinajstić information content (AvgIpc) is 2.48. The Morgan fingerprint density at radius 1 is 1.29 bits per heavy atom. The normalized spacial score (nSPS) is 13.1. The molecule has 1 rings (SSSR count). The van der Waals surface area contributed by atoms with E-state index in [1.165, 1.54) is 7.11 Å². The van der Waals surface area contributed by atoms with Crippen LogP contribution >= 0.6 is 0 Å². The quantitative estimate of drug-likeness (QED) is 0.720. The molecule has 0 spiro atoms. The highest BCUT2D eigenvalue weighted by Crippen LogP contribution is 2.15. The third-order valence-corrected chi connectivity index (χ3v) is 2.92. The van der Waals surface area contributed by atoms with Crippen LogP contribution in [0.15, 0.2) is 24.3 Å². The van der Waals surface area contributed by atoms with E-state index in [1.807, 2.05) is 19.1 Å². The molecule has 0 aliphatic carbocycles. The van der Waals surface area contributed by atoms with Gasteiger partial charge in [0, 0.05) is 6.54 Å². The molecule has 1 aromatic carbocycles. The summed E-state index contributed by atoms with van der Waals surface area (Å²) < 4.78 is 10.1. The predicted octanol–water partition coefficient (Wildman–Crippen LogP) is 0.633. The van der Waals surface area contributed by atoms with Gasteiger partial charge in [0.25, 0.3) is 5.91 Å². The van der Waals surface area contributed by atoms with Gasteiger partial charge in [-0.05, 0) is 38.0 Å². The summed E-state index contributed by atoms with van der Waals surface area (Å²) in [7, 11) is 1.31. The molecule has 116 valence electrons. The Morgan fingerprint density at radius 3 is 2.43 bits per heavy atom. The van der Waals surface area contributed by atoms with E-state index < -0.39 is 18.1 Å². The molecule has 6 nitrogen and oxygen atoms in total. The van der Waals surface area contributed by atoms with Crippen LogP contribution in [0.3, 0.4) is 0 Å². The van der Waals surface area contributed by atoms with Gasteiger partial charge in [-0.3, -0.25) is 9.59 Å². The molecule has 0 saturated carbocycles. The van der Waals surface area contributed by atoms with Crippen molar-refractivity contribution in [1.29, 1.82) is 0 Å². The molecule has 0 fully saturated rings. The maximum Gasteiger partial charge on any atom is 0.322 e. The number of rotatable bonds is 7. The lowest BCUT2D eigenvalue weighted by Crippen LogP contribution is -2.36. The SMILES string of the molecule is CCNC(=O)C(C)Oc1ccc(CC(N)C(=O)OC)cc1. The molecule has 0 bridgehead atoms. The van der Waals surface area contributed by atoms with Gasteiger partial charge in [-0.1, -0.05) is 12.1 Å². The second kappa shape index (κ2) is 8.26. The number of benzene rings is 1. The van der Waals surface area contributed by atoms with Gasteiger partial charge < -0.3 is 20.5 Å². The standard InChI is InChI=1S/C15H22N2O4/c1-4-17-14(18)10(2)21-12-7-5-11(6-8-12)9-13(16)15(19)20-3/h5-8,10,13H,4,9,16H2,1-3H3,(H,17,18). The van der Waals surface area contributed by atoms with Crippen molar-refractivity contribution >= 4 is 11.9 Å². The highest BCUT2D eigenvalue weighted by atomic mass is 16.5. The predicted molar refractivity (Wildman–Crippen MR) is 78.9 cm³/mol. The fraction of sp³-hybridized carbons (Fsp3) is 0.467. The zero-order valence-electron chi connectivity index (χ0n) is 12.6. The Hall–Kier alpha value is -2.08. The molecule has 2 unspecified atom stereocenters. The number of carbonyl (C=O) groups is 2. The van der Waals surface area contributed by atoms with E-state index in [4.69, 9.17) is 10.5 Å². The number of carbonyl (C=O) groups excluding carboxylic acids is 2. The third kappa shape index (κ3) is 5.43. The van der Waals surface area contributed by atoms with E-state index >= 15 is 0 Å². The van der Waals surface area contributed by atoms with Crippen molar-refractivity contribution in [3.63, 3.8) is 0 Å². The molecular formula is C15H22N2O4. The van der Waals surface area contributed by atoms with Gasteiger partial charge >= 0.3 is 5.97 Å². The van der Waals surface area contributed by atoms with E-state index in [0.29, 0.717) is 18.7 Å². The number of hydrogen-bond donors (Lipinski definition) is 2. The number of methoxy groups -OCH3 is 1. The molecule has 0 aromatic heterocycles. The van der Waals surface area contributed by atoms with Crippen LogP contribution in [-0.2, 0) is 20.7 Å². The second-order valence-corrected chi connectivity index (χ2v) is 4.63. The van der Waals surface area contributed by atoms with Crippen LogP contribution in [0.4, 0.5) is 0 Å². The summed E-state index contributed by atoms with van der Waals surface area (Å²) in [5, 5.41) is 2.69. The molecule has 0 aliphatic rings. The van der Waals surface area contributed by atoms with Gasteiger partial charge in [-0.15, -0.1) is 0 Å². The maximum atomic E-state index is 11.6. The van der Waals surface area contributed by atoms with Gasteiger partial charge in [0.15, 0.2) is 6.10 Å². The first-order valence-electron chi connectivity index (χ1n) is 6.84. The summed E-state index contributed by atoms with van der Waals surface area (Å²) in [6.45, 7) is 4.10. The van der Waals surface area contributed by atoms with Gasteiger partial charge in [0.1, 0.15) is 11.8 Å². The summed E-state index contributed by atoms with van der Waals surface area (Å²) in [5.41, 5.74) is 6.59. The number of likely N-dealkylation sites (N-methyl/N-ethyl adjacent to an activating group) is 1. The van der Waals surface area contributed by atoms with Crippen LogP contribution < -0.4 is 15.8 Å².